The number of nitrogens with one attached hydrogen (secondary N) is 1. The minimum Gasteiger partial charge on any atom is -0.485 e. The molecule has 0 saturated carbocycles. The van der Waals surface area contributed by atoms with Gasteiger partial charge in [0.25, 0.3) is 0 Å². The molecule has 9 heteroatoms. The standard InChI is InChI=1S/C12H14N6O3/c1-8(16-12-15-7-14-11(13)17-12)6-21-10-5-3-2-4-9(10)18(19)20/h2-5,7-8H,6H2,1H3,(H3,13,14,15,16,17). The van der Waals surface area contributed by atoms with E-state index in [-0.39, 0.29) is 30.0 Å². The van der Waals surface area contributed by atoms with Crippen LogP contribution in [0.25, 0.3) is 0 Å². The molecule has 1 unspecified atom stereocenters. The maximum Gasteiger partial charge on any atom is 0.310 e. The van der Waals surface area contributed by atoms with Crippen LogP contribution in [0.3, 0.4) is 0 Å². The Kier molecular flexibility index (Phi) is 4.44. The van der Waals surface area contributed by atoms with Gasteiger partial charge < -0.3 is 15.8 Å². The van der Waals surface area contributed by atoms with E-state index in [0.29, 0.717) is 5.95 Å². The van der Waals surface area contributed by atoms with Gasteiger partial charge in [0.15, 0.2) is 5.75 Å². The third kappa shape index (κ3) is 4.00. The molecule has 0 bridgehead atoms. The number of nitrogens with zero attached hydrogens (tertiary/aromatic N) is 4. The number of nitro benzene ring substituents is 1. The van der Waals surface area contributed by atoms with Gasteiger partial charge in [-0.1, -0.05) is 12.1 Å². The topological polar surface area (TPSA) is 129 Å². The Bertz CT molecular complexity index is 636. The summed E-state index contributed by atoms with van der Waals surface area (Å²) in [6, 6.07) is 6.02. The summed E-state index contributed by atoms with van der Waals surface area (Å²) in [5, 5.41) is 13.8. The lowest BCUT2D eigenvalue weighted by molar-refractivity contribution is -0.385. The molecule has 0 amide bonds. The van der Waals surface area contributed by atoms with E-state index in [9.17, 15) is 10.1 Å². The number of anilines is 2. The van der Waals surface area contributed by atoms with E-state index in [2.05, 4.69) is 20.3 Å². The largest absolute Gasteiger partial charge is 0.485 e. The molecule has 0 aliphatic rings. The molecule has 0 saturated heterocycles. The average Bonchev–Trinajstić information content (AvgIpc) is 2.45. The van der Waals surface area contributed by atoms with Gasteiger partial charge in [-0.25, -0.2) is 9.97 Å². The van der Waals surface area contributed by atoms with E-state index in [4.69, 9.17) is 10.5 Å². The minimum atomic E-state index is -0.486. The summed E-state index contributed by atoms with van der Waals surface area (Å²) in [5.74, 6) is 0.645. The van der Waals surface area contributed by atoms with Gasteiger partial charge in [-0.05, 0) is 13.0 Å². The molecular formula is C12H14N6O3. The molecule has 0 fully saturated rings. The van der Waals surface area contributed by atoms with Crippen LogP contribution in [0, 0.1) is 10.1 Å². The lowest BCUT2D eigenvalue weighted by atomic mass is 10.3. The van der Waals surface area contributed by atoms with E-state index in [1.165, 1.54) is 12.4 Å². The number of nitro groups is 1. The number of benzene rings is 1. The van der Waals surface area contributed by atoms with E-state index in [1.54, 1.807) is 18.2 Å². The van der Waals surface area contributed by atoms with Crippen molar-refractivity contribution >= 4 is 17.6 Å². The van der Waals surface area contributed by atoms with E-state index in [0.717, 1.165) is 0 Å². The Morgan fingerprint density at radius 3 is 2.90 bits per heavy atom. The Morgan fingerprint density at radius 1 is 1.43 bits per heavy atom. The number of aromatic nitrogens is 3. The van der Waals surface area contributed by atoms with Gasteiger partial charge in [-0.3, -0.25) is 10.1 Å². The zero-order chi connectivity index (χ0) is 15.2. The lowest BCUT2D eigenvalue weighted by Gasteiger charge is -2.14. The highest BCUT2D eigenvalue weighted by Crippen LogP contribution is 2.25. The second-order valence-electron chi connectivity index (χ2n) is 4.25. The first-order valence-corrected chi connectivity index (χ1v) is 6.13. The third-order valence-electron chi connectivity index (χ3n) is 2.52. The molecule has 1 heterocycles. The summed E-state index contributed by atoms with van der Waals surface area (Å²) in [6.45, 7) is 2.03. The van der Waals surface area contributed by atoms with Crippen LogP contribution in [0.1, 0.15) is 6.92 Å². The monoisotopic (exact) mass is 290 g/mol. The van der Waals surface area contributed by atoms with Crippen molar-refractivity contribution in [1.29, 1.82) is 0 Å². The van der Waals surface area contributed by atoms with Crippen LogP contribution in [0.15, 0.2) is 30.6 Å². The van der Waals surface area contributed by atoms with Gasteiger partial charge in [-0.15, -0.1) is 0 Å². The van der Waals surface area contributed by atoms with Crippen LogP contribution in [-0.4, -0.2) is 32.5 Å². The fraction of sp³-hybridized carbons (Fsp3) is 0.250. The highest BCUT2D eigenvalue weighted by Gasteiger charge is 2.15. The van der Waals surface area contributed by atoms with Crippen molar-refractivity contribution in [3.05, 3.63) is 40.7 Å². The smallest absolute Gasteiger partial charge is 0.310 e. The first kappa shape index (κ1) is 14.4. The summed E-state index contributed by atoms with van der Waals surface area (Å²) >= 11 is 0. The normalized spacial score (nSPS) is 11.7. The fourth-order valence-electron chi connectivity index (χ4n) is 1.59. The molecule has 1 aromatic carbocycles. The fourth-order valence-corrected chi connectivity index (χ4v) is 1.59. The number of hydrogen-bond acceptors (Lipinski definition) is 8. The summed E-state index contributed by atoms with van der Waals surface area (Å²) < 4.78 is 5.46. The molecular weight excluding hydrogens is 276 g/mol. The molecule has 110 valence electrons. The van der Waals surface area contributed by atoms with Gasteiger partial charge in [-0.2, -0.15) is 4.98 Å². The van der Waals surface area contributed by atoms with Crippen molar-refractivity contribution in [1.82, 2.24) is 15.0 Å². The van der Waals surface area contributed by atoms with Crippen molar-refractivity contribution in [3.63, 3.8) is 0 Å². The highest BCUT2D eigenvalue weighted by atomic mass is 16.6. The maximum atomic E-state index is 10.9. The van der Waals surface area contributed by atoms with Crippen LogP contribution in [0.2, 0.25) is 0 Å². The van der Waals surface area contributed by atoms with Crippen molar-refractivity contribution in [2.75, 3.05) is 17.7 Å². The number of nitrogen functional groups attached to an aromatic ring is 1. The average molecular weight is 290 g/mol. The maximum absolute atomic E-state index is 10.9. The van der Waals surface area contributed by atoms with Gasteiger partial charge >= 0.3 is 5.69 Å². The predicted octanol–water partition coefficient (Wildman–Crippen LogP) is 1.24. The van der Waals surface area contributed by atoms with Crippen molar-refractivity contribution in [2.45, 2.75) is 13.0 Å². The van der Waals surface area contributed by atoms with E-state index >= 15 is 0 Å². The quantitative estimate of drug-likeness (QED) is 0.600. The minimum absolute atomic E-state index is 0.0749. The van der Waals surface area contributed by atoms with Crippen LogP contribution in [0.5, 0.6) is 5.75 Å². The first-order chi connectivity index (χ1) is 10.1. The Labute approximate surface area is 120 Å². The second kappa shape index (κ2) is 6.46. The van der Waals surface area contributed by atoms with E-state index in [1.807, 2.05) is 6.92 Å². The SMILES string of the molecule is CC(COc1ccccc1[N+](=O)[O-])Nc1ncnc(N)n1. The number of para-hydroxylation sites is 2. The summed E-state index contributed by atoms with van der Waals surface area (Å²) in [7, 11) is 0. The second-order valence-corrected chi connectivity index (χ2v) is 4.25. The third-order valence-corrected chi connectivity index (χ3v) is 2.52. The van der Waals surface area contributed by atoms with Gasteiger partial charge in [0.05, 0.1) is 11.0 Å². The molecule has 1 aromatic heterocycles. The molecule has 21 heavy (non-hydrogen) atoms. The Morgan fingerprint density at radius 2 is 2.19 bits per heavy atom. The summed E-state index contributed by atoms with van der Waals surface area (Å²) in [4.78, 5) is 21.9. The summed E-state index contributed by atoms with van der Waals surface area (Å²) in [5.41, 5.74) is 5.37. The summed E-state index contributed by atoms with van der Waals surface area (Å²) in [6.07, 6.45) is 1.29. The molecule has 9 nitrogen and oxygen atoms in total. The van der Waals surface area contributed by atoms with Crippen LogP contribution in [-0.2, 0) is 0 Å². The number of ether oxygens (including phenoxy) is 1. The highest BCUT2D eigenvalue weighted by molar-refractivity contribution is 5.45. The Hall–Kier alpha value is -2.97. The number of rotatable bonds is 6. The molecule has 2 aromatic rings. The molecule has 2 rings (SSSR count). The number of hydrogen-bond donors (Lipinski definition) is 2. The van der Waals surface area contributed by atoms with Crippen molar-refractivity contribution in [3.8, 4) is 5.75 Å². The molecule has 0 aliphatic heterocycles. The number of nitrogens with two attached hydrogens (primary N) is 1. The van der Waals surface area contributed by atoms with Crippen molar-refractivity contribution in [2.24, 2.45) is 0 Å². The first-order valence-electron chi connectivity index (χ1n) is 6.13. The predicted molar refractivity (Wildman–Crippen MR) is 75.9 cm³/mol. The molecule has 3 N–H and O–H groups in total. The lowest BCUT2D eigenvalue weighted by Crippen LogP contribution is -2.25. The zero-order valence-corrected chi connectivity index (χ0v) is 11.3. The van der Waals surface area contributed by atoms with Crippen LogP contribution >= 0.6 is 0 Å². The molecule has 0 spiro atoms. The molecule has 0 radical (unpaired) electrons. The van der Waals surface area contributed by atoms with Crippen LogP contribution in [0.4, 0.5) is 17.6 Å². The van der Waals surface area contributed by atoms with Gasteiger partial charge in [0.2, 0.25) is 11.9 Å². The van der Waals surface area contributed by atoms with E-state index < -0.39 is 4.92 Å². The van der Waals surface area contributed by atoms with Crippen molar-refractivity contribution < 1.29 is 9.66 Å². The van der Waals surface area contributed by atoms with Gasteiger partial charge in [0, 0.05) is 6.07 Å². The van der Waals surface area contributed by atoms with Gasteiger partial charge in [0.1, 0.15) is 12.9 Å². The zero-order valence-electron chi connectivity index (χ0n) is 11.3. The molecule has 0 aliphatic carbocycles. The van der Waals surface area contributed by atoms with Crippen LogP contribution < -0.4 is 15.8 Å². The Balaban J connectivity index is 1.95. The molecule has 1 atom stereocenters.